The molecule has 0 aliphatic carbocycles. The van der Waals surface area contributed by atoms with E-state index in [2.05, 4.69) is 16.6 Å². The first-order valence-corrected chi connectivity index (χ1v) is 1.44. The summed E-state index contributed by atoms with van der Waals surface area (Å²) in [7, 11) is 0. The number of nitrogens with two attached hydrogens (primary N) is 2. The van der Waals surface area contributed by atoms with E-state index in [1.807, 2.05) is 0 Å². The van der Waals surface area contributed by atoms with E-state index in [9.17, 15) is 5.21 Å². The Morgan fingerprint density at radius 3 is 2.29 bits per heavy atom. The van der Waals surface area contributed by atoms with Gasteiger partial charge in [-0.2, -0.15) is 0 Å². The van der Waals surface area contributed by atoms with Gasteiger partial charge in [-0.3, -0.25) is 0 Å². The van der Waals surface area contributed by atoms with Gasteiger partial charge in [0.05, 0.1) is 0 Å². The number of quaternary nitrogens is 1. The molecular formula is H7N5O2. The van der Waals surface area contributed by atoms with Crippen LogP contribution in [0, 0.1) is 5.21 Å². The molecule has 44 valence electrons. The minimum atomic E-state index is -0.831. The Hall–Kier alpha value is -0.280. The van der Waals surface area contributed by atoms with Crippen molar-refractivity contribution >= 4 is 0 Å². The maximum absolute atomic E-state index is 9.81. The van der Waals surface area contributed by atoms with Gasteiger partial charge >= 0.3 is 0 Å². The lowest BCUT2D eigenvalue weighted by atomic mass is 12.4. The van der Waals surface area contributed by atoms with Crippen molar-refractivity contribution in [1.82, 2.24) is 11.1 Å². The highest BCUT2D eigenvalue weighted by Gasteiger charge is 1.84. The molecule has 0 aromatic rings. The molecule has 7 heteroatoms. The molecule has 0 fully saturated rings. The van der Waals surface area contributed by atoms with Gasteiger partial charge in [0.2, 0.25) is 0 Å². The average molecular weight is 109 g/mol. The van der Waals surface area contributed by atoms with Gasteiger partial charge in [-0.1, -0.05) is 16.1 Å². The monoisotopic (exact) mass is 109 g/mol. The van der Waals surface area contributed by atoms with E-state index < -0.39 is 5.34 Å². The number of hydrogen-bond acceptors (Lipinski definition) is 6. The van der Waals surface area contributed by atoms with Crippen LogP contribution in [-0.2, 0) is 4.94 Å². The molecule has 0 radical (unpaired) electrons. The molecule has 0 saturated carbocycles. The van der Waals surface area contributed by atoms with Crippen molar-refractivity contribution in [2.24, 2.45) is 11.7 Å². The lowest BCUT2D eigenvalue weighted by molar-refractivity contribution is -1.10. The number of rotatable bonds is 3. The van der Waals surface area contributed by atoms with Crippen LogP contribution in [0.3, 0.4) is 0 Å². The standard InChI is InChI=1S/H7N5O2/c1-3-5(6)7-4-2/h3-5H,1-2H2. The normalized spacial score (nSPS) is 14.1. The van der Waals surface area contributed by atoms with Gasteiger partial charge in [-0.05, 0) is 0 Å². The molecule has 0 aliphatic rings. The fraction of sp³-hybridized carbons (Fsp3) is 0. The van der Waals surface area contributed by atoms with Crippen LogP contribution >= 0.6 is 0 Å². The first kappa shape index (κ1) is 6.72. The molecule has 1 atom stereocenters. The number of nitrogens with one attached hydrogen (secondary N) is 3. The van der Waals surface area contributed by atoms with E-state index in [1.165, 1.54) is 0 Å². The first-order valence-electron chi connectivity index (χ1n) is 1.44. The van der Waals surface area contributed by atoms with Gasteiger partial charge in [0, 0.05) is 0 Å². The second-order valence-corrected chi connectivity index (χ2v) is 0.652. The molecule has 1 unspecified atom stereocenters. The van der Waals surface area contributed by atoms with Crippen LogP contribution in [0.1, 0.15) is 0 Å². The molecule has 0 spiro atoms. The van der Waals surface area contributed by atoms with Crippen molar-refractivity contribution in [3.05, 3.63) is 5.21 Å². The molecule has 0 aromatic carbocycles. The van der Waals surface area contributed by atoms with Crippen LogP contribution in [0.5, 0.6) is 0 Å². The van der Waals surface area contributed by atoms with Gasteiger partial charge in [0.1, 0.15) is 0 Å². The molecule has 0 rings (SSSR count). The fourth-order valence-corrected chi connectivity index (χ4v) is 0.0830. The van der Waals surface area contributed by atoms with Crippen molar-refractivity contribution in [3.8, 4) is 0 Å². The lowest BCUT2D eigenvalue weighted by Crippen LogP contribution is -3.16. The third-order valence-corrected chi connectivity index (χ3v) is 0.269. The quantitative estimate of drug-likeness (QED) is 0.187. The molecule has 0 bridgehead atoms. The second kappa shape index (κ2) is 3.89. The van der Waals surface area contributed by atoms with Crippen LogP contribution < -0.4 is 28.1 Å². The fourth-order valence-electron chi connectivity index (χ4n) is 0.0830. The highest BCUT2D eigenvalue weighted by Crippen LogP contribution is 1.22. The predicted octanol–water partition coefficient (Wildman–Crippen LogP) is -3.94. The second-order valence-electron chi connectivity index (χ2n) is 0.652. The van der Waals surface area contributed by atoms with Gasteiger partial charge in [0.15, 0.2) is 0 Å². The Morgan fingerprint density at radius 2 is 2.14 bits per heavy atom. The largest absolute Gasteiger partial charge is 0.577 e. The maximum Gasteiger partial charge on any atom is -0.0685 e. The molecule has 0 amide bonds. The third-order valence-electron chi connectivity index (χ3n) is 0.269. The summed E-state index contributed by atoms with van der Waals surface area (Å²) in [6, 6.07) is 0. The Kier molecular flexibility index (Phi) is 3.74. The molecule has 0 heterocycles. The highest BCUT2D eigenvalue weighted by atomic mass is 17.0. The predicted molar refractivity (Wildman–Crippen MR) is 20.1 cm³/mol. The van der Waals surface area contributed by atoms with Gasteiger partial charge in [0.25, 0.3) is 0 Å². The zero-order chi connectivity index (χ0) is 5.70. The SMILES string of the molecule is NNO[NH+]([O-])NN. The van der Waals surface area contributed by atoms with Crippen molar-refractivity contribution in [2.75, 3.05) is 0 Å². The average Bonchev–Trinajstić information content (AvgIpc) is 1.68. The van der Waals surface area contributed by atoms with Crippen molar-refractivity contribution in [3.63, 3.8) is 0 Å². The summed E-state index contributed by atoms with van der Waals surface area (Å²) in [6.07, 6.45) is 0. The first-order chi connectivity index (χ1) is 3.31. The Labute approximate surface area is 39.6 Å². The topological polar surface area (TPSA) is 113 Å². The molecule has 7 nitrogen and oxygen atoms in total. The molecule has 0 aromatic heterocycles. The van der Waals surface area contributed by atoms with Gasteiger partial charge < -0.3 is 5.21 Å². The number of hydrogen-bond donors (Lipinski definition) is 5. The summed E-state index contributed by atoms with van der Waals surface area (Å²) in [4.78, 5) is 3.84. The van der Waals surface area contributed by atoms with Crippen molar-refractivity contribution in [2.45, 2.75) is 0 Å². The Balaban J connectivity index is 2.83. The summed E-state index contributed by atoms with van der Waals surface area (Å²) in [6.45, 7) is 0. The summed E-state index contributed by atoms with van der Waals surface area (Å²) >= 11 is 0. The highest BCUT2D eigenvalue weighted by molar-refractivity contribution is 3.82. The van der Waals surface area contributed by atoms with Crippen LogP contribution in [0.2, 0.25) is 0 Å². The van der Waals surface area contributed by atoms with Crippen LogP contribution in [-0.4, -0.2) is 0 Å². The summed E-state index contributed by atoms with van der Waals surface area (Å²) < 4.78 is 0. The molecule has 0 saturated heterocycles. The van der Waals surface area contributed by atoms with Gasteiger partial charge in [-0.15, -0.1) is 5.34 Å². The zero-order valence-corrected chi connectivity index (χ0v) is 3.47. The smallest absolute Gasteiger partial charge is 0.0685 e. The van der Waals surface area contributed by atoms with E-state index in [0.29, 0.717) is 0 Å². The Morgan fingerprint density at radius 1 is 1.57 bits per heavy atom. The van der Waals surface area contributed by atoms with E-state index in [0.717, 1.165) is 0 Å². The van der Waals surface area contributed by atoms with E-state index in [1.54, 1.807) is 11.1 Å². The minimum Gasteiger partial charge on any atom is -0.577 e. The summed E-state index contributed by atoms with van der Waals surface area (Å²) in [5.41, 5.74) is 3.29. The minimum absolute atomic E-state index is 0.831. The van der Waals surface area contributed by atoms with E-state index in [-0.39, 0.29) is 0 Å². The maximum atomic E-state index is 9.81. The van der Waals surface area contributed by atoms with Crippen LogP contribution in [0.15, 0.2) is 0 Å². The van der Waals surface area contributed by atoms with E-state index in [4.69, 9.17) is 0 Å². The zero-order valence-electron chi connectivity index (χ0n) is 3.47. The molecule has 7 heavy (non-hydrogen) atoms. The summed E-state index contributed by atoms with van der Waals surface area (Å²) in [5, 5.41) is 8.98. The van der Waals surface area contributed by atoms with E-state index >= 15 is 0 Å². The van der Waals surface area contributed by atoms with Crippen molar-refractivity contribution < 1.29 is 10.3 Å². The third kappa shape index (κ3) is 3.55. The molecular weight excluding hydrogens is 102 g/mol. The van der Waals surface area contributed by atoms with Crippen molar-refractivity contribution in [1.29, 1.82) is 0 Å². The van der Waals surface area contributed by atoms with Crippen LogP contribution in [0.4, 0.5) is 0 Å². The van der Waals surface area contributed by atoms with Gasteiger partial charge in [-0.25, -0.2) is 11.7 Å². The van der Waals surface area contributed by atoms with Crippen LogP contribution in [0.25, 0.3) is 0 Å². The molecule has 0 aliphatic heterocycles. The lowest BCUT2D eigenvalue weighted by Gasteiger charge is -2.13. The number of hydrazine groups is 2. The Bertz CT molecular complexity index is 37.1. The molecule has 7 N–H and O–H groups in total. The summed E-state index contributed by atoms with van der Waals surface area (Å²) in [5.74, 6) is 9.05.